The first-order valence-corrected chi connectivity index (χ1v) is 8.83. The van der Waals surface area contributed by atoms with Crippen LogP contribution in [-0.4, -0.2) is 24.0 Å². The van der Waals surface area contributed by atoms with Crippen LogP contribution in [0.4, 0.5) is 0 Å². The zero-order valence-corrected chi connectivity index (χ0v) is 13.9. The molecule has 1 heterocycles. The highest BCUT2D eigenvalue weighted by atomic mass is 35.5. The SMILES string of the molecule is Clc1ccc(C=CC[C@@H]2CCCCN2CC2CC2)cc1Cl. The van der Waals surface area contributed by atoms with Crippen LogP contribution in [0.15, 0.2) is 24.3 Å². The molecule has 114 valence electrons. The van der Waals surface area contributed by atoms with Gasteiger partial charge in [-0.15, -0.1) is 0 Å². The van der Waals surface area contributed by atoms with E-state index in [0.717, 1.165) is 23.9 Å². The molecule has 21 heavy (non-hydrogen) atoms. The molecule has 1 aromatic rings. The van der Waals surface area contributed by atoms with Gasteiger partial charge in [-0.3, -0.25) is 4.90 Å². The Kier molecular flexibility index (Phi) is 5.26. The molecule has 1 nitrogen and oxygen atoms in total. The maximum absolute atomic E-state index is 6.05. The van der Waals surface area contributed by atoms with Crippen LogP contribution in [0.2, 0.25) is 10.0 Å². The van der Waals surface area contributed by atoms with E-state index in [1.54, 1.807) is 0 Å². The molecule has 0 spiro atoms. The van der Waals surface area contributed by atoms with Crippen LogP contribution in [0.5, 0.6) is 0 Å². The summed E-state index contributed by atoms with van der Waals surface area (Å²) in [5.41, 5.74) is 1.13. The van der Waals surface area contributed by atoms with E-state index in [1.807, 2.05) is 18.2 Å². The van der Waals surface area contributed by atoms with Gasteiger partial charge in [0.15, 0.2) is 0 Å². The lowest BCUT2D eigenvalue weighted by Crippen LogP contribution is -2.40. The molecule has 0 N–H and O–H groups in total. The highest BCUT2D eigenvalue weighted by Crippen LogP contribution is 2.32. The van der Waals surface area contributed by atoms with Gasteiger partial charge >= 0.3 is 0 Å². The van der Waals surface area contributed by atoms with Crippen LogP contribution in [0.1, 0.15) is 44.1 Å². The van der Waals surface area contributed by atoms with Crippen LogP contribution in [0.25, 0.3) is 6.08 Å². The van der Waals surface area contributed by atoms with Crippen molar-refractivity contribution in [2.24, 2.45) is 5.92 Å². The molecule has 1 saturated carbocycles. The van der Waals surface area contributed by atoms with Gasteiger partial charge in [0.2, 0.25) is 0 Å². The first-order chi connectivity index (χ1) is 10.2. The quantitative estimate of drug-likeness (QED) is 0.675. The van der Waals surface area contributed by atoms with Gasteiger partial charge in [0, 0.05) is 12.6 Å². The molecule has 1 aliphatic heterocycles. The van der Waals surface area contributed by atoms with Crippen molar-refractivity contribution in [2.75, 3.05) is 13.1 Å². The standard InChI is InChI=1S/C18H23Cl2N/c19-17-10-9-14(12-18(17)20)4-3-6-16-5-1-2-11-21(16)13-15-7-8-15/h3-4,9-10,12,15-16H,1-2,5-8,11,13H2/t16-/m0/s1. The third-order valence-electron chi connectivity index (χ3n) is 4.60. The minimum Gasteiger partial charge on any atom is -0.300 e. The second kappa shape index (κ2) is 7.17. The lowest BCUT2D eigenvalue weighted by molar-refractivity contribution is 0.143. The van der Waals surface area contributed by atoms with Gasteiger partial charge < -0.3 is 0 Å². The van der Waals surface area contributed by atoms with Crippen LogP contribution < -0.4 is 0 Å². The van der Waals surface area contributed by atoms with Crippen LogP contribution in [0, 0.1) is 5.92 Å². The van der Waals surface area contributed by atoms with Crippen molar-refractivity contribution in [1.29, 1.82) is 0 Å². The number of rotatable bonds is 5. The zero-order valence-electron chi connectivity index (χ0n) is 12.4. The third-order valence-corrected chi connectivity index (χ3v) is 5.34. The molecule has 1 aliphatic carbocycles. The van der Waals surface area contributed by atoms with Crippen molar-refractivity contribution < 1.29 is 0 Å². The van der Waals surface area contributed by atoms with Gasteiger partial charge in [-0.2, -0.15) is 0 Å². The molecule has 1 aromatic carbocycles. The van der Waals surface area contributed by atoms with Gasteiger partial charge in [0.25, 0.3) is 0 Å². The maximum Gasteiger partial charge on any atom is 0.0598 e. The Morgan fingerprint density at radius 3 is 2.71 bits per heavy atom. The van der Waals surface area contributed by atoms with Crippen LogP contribution in [0.3, 0.4) is 0 Å². The van der Waals surface area contributed by atoms with E-state index >= 15 is 0 Å². The van der Waals surface area contributed by atoms with Gasteiger partial charge in [-0.05, 0) is 62.3 Å². The predicted octanol–water partition coefficient (Wildman–Crippen LogP) is 5.66. The van der Waals surface area contributed by atoms with Crippen molar-refractivity contribution >= 4 is 29.3 Å². The fourth-order valence-electron chi connectivity index (χ4n) is 3.18. The summed E-state index contributed by atoms with van der Waals surface area (Å²) in [6, 6.07) is 6.55. The molecule has 0 aromatic heterocycles. The molecule has 0 unspecified atom stereocenters. The lowest BCUT2D eigenvalue weighted by atomic mass is 9.98. The Morgan fingerprint density at radius 1 is 1.10 bits per heavy atom. The number of hydrogen-bond donors (Lipinski definition) is 0. The molecular formula is C18H23Cl2N. The van der Waals surface area contributed by atoms with E-state index in [0.29, 0.717) is 10.0 Å². The van der Waals surface area contributed by atoms with E-state index in [1.165, 1.54) is 45.2 Å². The molecular weight excluding hydrogens is 301 g/mol. The Labute approximate surface area is 137 Å². The summed E-state index contributed by atoms with van der Waals surface area (Å²) in [5, 5.41) is 1.25. The van der Waals surface area contributed by atoms with Crippen molar-refractivity contribution in [2.45, 2.75) is 44.6 Å². The first-order valence-electron chi connectivity index (χ1n) is 8.08. The van der Waals surface area contributed by atoms with E-state index in [2.05, 4.69) is 17.1 Å². The number of halogens is 2. The Morgan fingerprint density at radius 2 is 1.95 bits per heavy atom. The highest BCUT2D eigenvalue weighted by molar-refractivity contribution is 6.42. The molecule has 3 heteroatoms. The monoisotopic (exact) mass is 323 g/mol. The number of likely N-dealkylation sites (tertiary alicyclic amines) is 1. The normalized spacial score (nSPS) is 23.8. The molecule has 3 rings (SSSR count). The van der Waals surface area contributed by atoms with Gasteiger partial charge in [-0.1, -0.05) is 47.8 Å². The predicted molar refractivity (Wildman–Crippen MR) is 92.0 cm³/mol. The molecule has 2 aliphatic rings. The summed E-state index contributed by atoms with van der Waals surface area (Å²) < 4.78 is 0. The summed E-state index contributed by atoms with van der Waals surface area (Å²) in [7, 11) is 0. The highest BCUT2D eigenvalue weighted by Gasteiger charge is 2.28. The smallest absolute Gasteiger partial charge is 0.0598 e. The van der Waals surface area contributed by atoms with Crippen molar-refractivity contribution in [1.82, 2.24) is 4.90 Å². The molecule has 1 atom stereocenters. The second-order valence-electron chi connectivity index (χ2n) is 6.40. The summed E-state index contributed by atoms with van der Waals surface area (Å²) in [6.45, 7) is 2.62. The number of hydrogen-bond acceptors (Lipinski definition) is 1. The minimum atomic E-state index is 0.622. The zero-order chi connectivity index (χ0) is 14.7. The van der Waals surface area contributed by atoms with Crippen LogP contribution >= 0.6 is 23.2 Å². The Balaban J connectivity index is 1.56. The molecule has 1 saturated heterocycles. The first kappa shape index (κ1) is 15.4. The van der Waals surface area contributed by atoms with E-state index in [4.69, 9.17) is 23.2 Å². The molecule has 2 fully saturated rings. The second-order valence-corrected chi connectivity index (χ2v) is 7.21. The number of benzene rings is 1. The summed E-state index contributed by atoms with van der Waals surface area (Å²) in [6.07, 6.45) is 12.6. The van der Waals surface area contributed by atoms with Gasteiger partial charge in [0.05, 0.1) is 10.0 Å². The number of nitrogens with zero attached hydrogens (tertiary/aromatic N) is 1. The van der Waals surface area contributed by atoms with Crippen LogP contribution in [-0.2, 0) is 0 Å². The molecule has 0 amide bonds. The molecule has 0 radical (unpaired) electrons. The fourth-order valence-corrected chi connectivity index (χ4v) is 3.48. The minimum absolute atomic E-state index is 0.622. The van der Waals surface area contributed by atoms with Gasteiger partial charge in [0.1, 0.15) is 0 Å². The van der Waals surface area contributed by atoms with Crippen molar-refractivity contribution in [3.05, 3.63) is 39.9 Å². The summed E-state index contributed by atoms with van der Waals surface area (Å²) >= 11 is 12.0. The van der Waals surface area contributed by atoms with E-state index in [9.17, 15) is 0 Å². The lowest BCUT2D eigenvalue weighted by Gasteiger charge is -2.35. The fraction of sp³-hybridized carbons (Fsp3) is 0.556. The average molecular weight is 324 g/mol. The number of piperidine rings is 1. The third kappa shape index (κ3) is 4.48. The molecule has 0 bridgehead atoms. The van der Waals surface area contributed by atoms with Crippen molar-refractivity contribution in [3.63, 3.8) is 0 Å². The summed E-state index contributed by atoms with van der Waals surface area (Å²) in [5.74, 6) is 0.990. The summed E-state index contributed by atoms with van der Waals surface area (Å²) in [4.78, 5) is 2.72. The Bertz CT molecular complexity index is 508. The van der Waals surface area contributed by atoms with E-state index in [-0.39, 0.29) is 0 Å². The average Bonchev–Trinajstić information content (AvgIpc) is 3.29. The van der Waals surface area contributed by atoms with E-state index < -0.39 is 0 Å². The van der Waals surface area contributed by atoms with Crippen molar-refractivity contribution in [3.8, 4) is 0 Å². The largest absolute Gasteiger partial charge is 0.300 e. The maximum atomic E-state index is 6.05. The topological polar surface area (TPSA) is 3.24 Å². The van der Waals surface area contributed by atoms with Gasteiger partial charge in [-0.25, -0.2) is 0 Å². The Hall–Kier alpha value is -0.500.